The Morgan fingerprint density at radius 1 is 0.739 bits per heavy atom. The third kappa shape index (κ3) is 3.14. The first-order valence-corrected chi connectivity index (χ1v) is 7.36. The van der Waals surface area contributed by atoms with Crippen LogP contribution >= 0.6 is 0 Å². The molecule has 3 aromatic rings. The third-order valence-electron chi connectivity index (χ3n) is 4.01. The van der Waals surface area contributed by atoms with Crippen LogP contribution in [-0.4, -0.2) is 0 Å². The van der Waals surface area contributed by atoms with E-state index in [2.05, 4.69) is 0 Å². The molecule has 0 saturated carbocycles. The van der Waals surface area contributed by atoms with E-state index in [9.17, 15) is 13.2 Å². The normalized spacial score (nSPS) is 12.2. The Balaban J connectivity index is 1.93. The van der Waals surface area contributed by atoms with Crippen LogP contribution in [0.4, 0.5) is 13.2 Å². The lowest BCUT2D eigenvalue weighted by Gasteiger charge is -2.15. The van der Waals surface area contributed by atoms with Gasteiger partial charge in [0.15, 0.2) is 11.6 Å². The zero-order valence-electron chi connectivity index (χ0n) is 12.6. The van der Waals surface area contributed by atoms with E-state index < -0.39 is 23.4 Å². The minimum Gasteiger partial charge on any atom is -0.207 e. The van der Waals surface area contributed by atoms with Gasteiger partial charge in [-0.3, -0.25) is 0 Å². The summed E-state index contributed by atoms with van der Waals surface area (Å²) >= 11 is 0. The largest absolute Gasteiger partial charge is 0.207 e. The highest BCUT2D eigenvalue weighted by Gasteiger charge is 2.18. The number of rotatable bonds is 3. The van der Waals surface area contributed by atoms with Crippen molar-refractivity contribution in [2.45, 2.75) is 12.8 Å². The molecule has 0 aliphatic carbocycles. The van der Waals surface area contributed by atoms with Crippen LogP contribution in [0.3, 0.4) is 0 Å². The van der Waals surface area contributed by atoms with Gasteiger partial charge in [-0.15, -0.1) is 0 Å². The van der Waals surface area contributed by atoms with Crippen LogP contribution in [-0.2, 0) is 0 Å². The summed E-state index contributed by atoms with van der Waals surface area (Å²) < 4.78 is 40.7. The Morgan fingerprint density at radius 3 is 2.00 bits per heavy atom. The average molecular weight is 312 g/mol. The van der Waals surface area contributed by atoms with Gasteiger partial charge in [0, 0.05) is 17.5 Å². The van der Waals surface area contributed by atoms with Gasteiger partial charge < -0.3 is 0 Å². The van der Waals surface area contributed by atoms with Gasteiger partial charge in [0.05, 0.1) is 0 Å². The lowest BCUT2D eigenvalue weighted by atomic mass is 9.91. The van der Waals surface area contributed by atoms with Crippen LogP contribution in [0.25, 0.3) is 11.1 Å². The molecule has 0 unspecified atom stereocenters. The van der Waals surface area contributed by atoms with Crippen LogP contribution < -0.4 is 0 Å². The molecule has 3 heteroatoms. The molecule has 0 saturated heterocycles. The summed E-state index contributed by atoms with van der Waals surface area (Å²) in [6.45, 7) is 1.73. The molecule has 0 bridgehead atoms. The first kappa shape index (κ1) is 15.3. The highest BCUT2D eigenvalue weighted by Crippen LogP contribution is 2.30. The lowest BCUT2D eigenvalue weighted by Crippen LogP contribution is -2.03. The number of benzene rings is 3. The Morgan fingerprint density at radius 2 is 1.35 bits per heavy atom. The second-order valence-electron chi connectivity index (χ2n) is 5.50. The number of halogens is 3. The molecule has 0 aliphatic rings. The molecule has 0 heterocycles. The summed E-state index contributed by atoms with van der Waals surface area (Å²) in [5, 5.41) is 0. The summed E-state index contributed by atoms with van der Waals surface area (Å²) in [6, 6.07) is 19.0. The second kappa shape index (κ2) is 6.29. The highest BCUT2D eigenvalue weighted by atomic mass is 19.2. The smallest absolute Gasteiger partial charge is 0.162 e. The molecular weight excluding hydrogens is 297 g/mol. The van der Waals surface area contributed by atoms with E-state index >= 15 is 0 Å². The van der Waals surface area contributed by atoms with E-state index in [1.54, 1.807) is 6.92 Å². The molecule has 0 aromatic heterocycles. The van der Waals surface area contributed by atoms with Gasteiger partial charge in [0.1, 0.15) is 5.82 Å². The SMILES string of the molecule is C[C@H](c1ccc(-c2ccccc2)cc1)c1cc(F)cc(F)c1F. The molecule has 0 N–H and O–H groups in total. The second-order valence-corrected chi connectivity index (χ2v) is 5.50. The molecule has 23 heavy (non-hydrogen) atoms. The van der Waals surface area contributed by atoms with E-state index in [1.807, 2.05) is 54.6 Å². The fraction of sp³-hybridized carbons (Fsp3) is 0.100. The first-order valence-electron chi connectivity index (χ1n) is 7.36. The molecule has 3 aromatic carbocycles. The van der Waals surface area contributed by atoms with E-state index in [1.165, 1.54) is 0 Å². The van der Waals surface area contributed by atoms with Crippen LogP contribution in [0.2, 0.25) is 0 Å². The van der Waals surface area contributed by atoms with Gasteiger partial charge in [-0.05, 0) is 22.8 Å². The van der Waals surface area contributed by atoms with Crippen molar-refractivity contribution in [3.63, 3.8) is 0 Å². The maximum Gasteiger partial charge on any atom is 0.162 e. The van der Waals surface area contributed by atoms with Crippen molar-refractivity contribution in [3.8, 4) is 11.1 Å². The maximum absolute atomic E-state index is 13.9. The highest BCUT2D eigenvalue weighted by molar-refractivity contribution is 5.63. The molecule has 0 nitrogen and oxygen atoms in total. The zero-order valence-corrected chi connectivity index (χ0v) is 12.6. The van der Waals surface area contributed by atoms with Crippen LogP contribution in [0.15, 0.2) is 66.7 Å². The molecular formula is C20H15F3. The molecule has 116 valence electrons. The van der Waals surface area contributed by atoms with E-state index in [-0.39, 0.29) is 5.56 Å². The average Bonchev–Trinajstić information content (AvgIpc) is 2.58. The van der Waals surface area contributed by atoms with E-state index in [4.69, 9.17) is 0 Å². The lowest BCUT2D eigenvalue weighted by molar-refractivity contribution is 0.482. The molecule has 0 spiro atoms. The third-order valence-corrected chi connectivity index (χ3v) is 4.01. The van der Waals surface area contributed by atoms with Gasteiger partial charge in [0.2, 0.25) is 0 Å². The minimum absolute atomic E-state index is 0.0231. The quantitative estimate of drug-likeness (QED) is 0.526. The summed E-state index contributed by atoms with van der Waals surface area (Å²) in [4.78, 5) is 0. The molecule has 1 atom stereocenters. The summed E-state index contributed by atoms with van der Waals surface area (Å²) in [7, 11) is 0. The van der Waals surface area contributed by atoms with Crippen molar-refractivity contribution in [1.29, 1.82) is 0 Å². The Hall–Kier alpha value is -2.55. The van der Waals surface area contributed by atoms with Gasteiger partial charge in [-0.1, -0.05) is 61.5 Å². The van der Waals surface area contributed by atoms with Crippen molar-refractivity contribution in [2.24, 2.45) is 0 Å². The topological polar surface area (TPSA) is 0 Å². The fourth-order valence-corrected chi connectivity index (χ4v) is 2.67. The number of hydrogen-bond acceptors (Lipinski definition) is 0. The van der Waals surface area contributed by atoms with Gasteiger partial charge in [-0.2, -0.15) is 0 Å². The van der Waals surface area contributed by atoms with Crippen molar-refractivity contribution < 1.29 is 13.2 Å². The minimum atomic E-state index is -1.16. The van der Waals surface area contributed by atoms with E-state index in [0.717, 1.165) is 22.8 Å². The first-order chi connectivity index (χ1) is 11.1. The van der Waals surface area contributed by atoms with Crippen LogP contribution in [0.5, 0.6) is 0 Å². The Labute approximate surface area is 133 Å². The predicted molar refractivity (Wildman–Crippen MR) is 85.7 cm³/mol. The summed E-state index contributed by atoms with van der Waals surface area (Å²) in [6.07, 6.45) is 0. The number of hydrogen-bond donors (Lipinski definition) is 0. The Bertz CT molecular complexity index is 808. The van der Waals surface area contributed by atoms with Gasteiger partial charge in [-0.25, -0.2) is 13.2 Å². The molecule has 0 aliphatic heterocycles. The van der Waals surface area contributed by atoms with Gasteiger partial charge in [0.25, 0.3) is 0 Å². The predicted octanol–water partition coefficient (Wildman–Crippen LogP) is 5.92. The maximum atomic E-state index is 13.9. The standard InChI is InChI=1S/C20H15F3/c1-13(18-11-17(21)12-19(22)20(18)23)14-7-9-16(10-8-14)15-5-3-2-4-6-15/h2-13H,1H3/t13-/m1/s1. The summed E-state index contributed by atoms with van der Waals surface area (Å²) in [5.74, 6) is -3.37. The van der Waals surface area contributed by atoms with Crippen molar-refractivity contribution >= 4 is 0 Å². The van der Waals surface area contributed by atoms with Crippen molar-refractivity contribution in [1.82, 2.24) is 0 Å². The van der Waals surface area contributed by atoms with Gasteiger partial charge >= 0.3 is 0 Å². The molecule has 3 rings (SSSR count). The van der Waals surface area contributed by atoms with Crippen LogP contribution in [0.1, 0.15) is 24.0 Å². The molecule has 0 fully saturated rings. The monoisotopic (exact) mass is 312 g/mol. The van der Waals surface area contributed by atoms with Crippen LogP contribution in [0, 0.1) is 17.5 Å². The fourth-order valence-electron chi connectivity index (χ4n) is 2.67. The van der Waals surface area contributed by atoms with Crippen molar-refractivity contribution in [2.75, 3.05) is 0 Å². The van der Waals surface area contributed by atoms with Crippen molar-refractivity contribution in [3.05, 3.63) is 95.3 Å². The Kier molecular flexibility index (Phi) is 4.20. The molecule has 0 amide bonds. The zero-order chi connectivity index (χ0) is 16.4. The summed E-state index contributed by atoms with van der Waals surface area (Å²) in [5.41, 5.74) is 2.94. The molecule has 0 radical (unpaired) electrons. The van der Waals surface area contributed by atoms with E-state index in [0.29, 0.717) is 6.07 Å².